The van der Waals surface area contributed by atoms with Crippen LogP contribution in [0, 0.1) is 10.6 Å². The van der Waals surface area contributed by atoms with Gasteiger partial charge in [0.05, 0.1) is 21.5 Å². The molecule has 0 saturated carbocycles. The minimum absolute atomic E-state index is 0.0504. The highest BCUT2D eigenvalue weighted by Crippen LogP contribution is 2.29. The van der Waals surface area contributed by atoms with E-state index in [0.29, 0.717) is 14.3 Å². The second-order valence-corrected chi connectivity index (χ2v) is 6.49. The van der Waals surface area contributed by atoms with Gasteiger partial charge in [0.15, 0.2) is 4.77 Å². The second kappa shape index (κ2) is 5.55. The highest BCUT2D eigenvalue weighted by atomic mass is 79.9. The van der Waals surface area contributed by atoms with Crippen molar-refractivity contribution >= 4 is 50.8 Å². The van der Waals surface area contributed by atoms with Crippen molar-refractivity contribution in [2.45, 2.75) is 13.0 Å². The zero-order valence-electron chi connectivity index (χ0n) is 11.0. The first-order valence-electron chi connectivity index (χ1n) is 6.32. The van der Waals surface area contributed by atoms with Crippen LogP contribution in [0.5, 0.6) is 0 Å². The predicted octanol–water partition coefficient (Wildman–Crippen LogP) is 5.86. The number of aromatic nitrogens is 2. The molecular formula is C15H11BrClFN2S. The molecule has 3 rings (SSSR count). The molecule has 0 aliphatic carbocycles. The maximum Gasteiger partial charge on any atom is 0.178 e. The summed E-state index contributed by atoms with van der Waals surface area (Å²) in [6, 6.07) is 10.7. The van der Waals surface area contributed by atoms with Gasteiger partial charge in [0.1, 0.15) is 5.82 Å². The largest absolute Gasteiger partial charge is 0.331 e. The van der Waals surface area contributed by atoms with Crippen LogP contribution in [0.2, 0.25) is 5.02 Å². The molecule has 0 radical (unpaired) electrons. The molecule has 0 amide bonds. The smallest absolute Gasteiger partial charge is 0.178 e. The zero-order chi connectivity index (χ0) is 15.1. The lowest BCUT2D eigenvalue weighted by Crippen LogP contribution is -2.06. The quantitative estimate of drug-likeness (QED) is 0.548. The van der Waals surface area contributed by atoms with Crippen LogP contribution in [0.4, 0.5) is 4.39 Å². The topological polar surface area (TPSA) is 20.7 Å². The Morgan fingerprint density at radius 2 is 2.10 bits per heavy atom. The van der Waals surface area contributed by atoms with Crippen molar-refractivity contribution < 1.29 is 4.39 Å². The van der Waals surface area contributed by atoms with E-state index in [2.05, 4.69) is 20.9 Å². The van der Waals surface area contributed by atoms with E-state index < -0.39 is 0 Å². The van der Waals surface area contributed by atoms with Crippen LogP contribution in [0.3, 0.4) is 0 Å². The van der Waals surface area contributed by atoms with Crippen LogP contribution >= 0.6 is 39.7 Å². The molecule has 0 saturated heterocycles. The Morgan fingerprint density at radius 3 is 2.81 bits per heavy atom. The third kappa shape index (κ3) is 2.65. The van der Waals surface area contributed by atoms with Crippen molar-refractivity contribution in [1.29, 1.82) is 0 Å². The van der Waals surface area contributed by atoms with Gasteiger partial charge in [-0.25, -0.2) is 4.39 Å². The molecular weight excluding hydrogens is 375 g/mol. The van der Waals surface area contributed by atoms with Gasteiger partial charge in [-0.05, 0) is 58.8 Å². The van der Waals surface area contributed by atoms with E-state index in [1.165, 1.54) is 6.07 Å². The van der Waals surface area contributed by atoms with E-state index in [1.54, 1.807) is 6.07 Å². The Morgan fingerprint density at radius 1 is 1.33 bits per heavy atom. The summed E-state index contributed by atoms with van der Waals surface area (Å²) in [5.74, 6) is -0.316. The average Bonchev–Trinajstić information content (AvgIpc) is 2.74. The molecule has 0 spiro atoms. The molecule has 21 heavy (non-hydrogen) atoms. The van der Waals surface area contributed by atoms with E-state index in [4.69, 9.17) is 23.8 Å². The lowest BCUT2D eigenvalue weighted by molar-refractivity contribution is 0.617. The molecule has 1 heterocycles. The third-order valence-electron chi connectivity index (χ3n) is 3.48. The number of H-pyrrole nitrogens is 1. The molecule has 0 aliphatic rings. The molecule has 0 bridgehead atoms. The number of aromatic amines is 1. The summed E-state index contributed by atoms with van der Waals surface area (Å²) in [7, 11) is 0. The summed E-state index contributed by atoms with van der Waals surface area (Å²) in [4.78, 5) is 3.11. The highest BCUT2D eigenvalue weighted by Gasteiger charge is 2.15. The van der Waals surface area contributed by atoms with Gasteiger partial charge in [0, 0.05) is 11.1 Å². The summed E-state index contributed by atoms with van der Waals surface area (Å²) in [6.07, 6.45) is 0. The molecule has 3 aromatic rings. The number of nitrogens with zero attached hydrogens (tertiary/aromatic N) is 1. The number of hydrogen-bond donors (Lipinski definition) is 1. The fourth-order valence-electron chi connectivity index (χ4n) is 2.42. The van der Waals surface area contributed by atoms with Gasteiger partial charge in [-0.15, -0.1) is 0 Å². The average molecular weight is 386 g/mol. The highest BCUT2D eigenvalue weighted by molar-refractivity contribution is 9.10. The molecule has 1 atom stereocenters. The van der Waals surface area contributed by atoms with Gasteiger partial charge in [-0.3, -0.25) is 0 Å². The first kappa shape index (κ1) is 14.8. The maximum atomic E-state index is 13.8. The molecule has 1 unspecified atom stereocenters. The van der Waals surface area contributed by atoms with Crippen molar-refractivity contribution in [2.75, 3.05) is 0 Å². The number of nitrogens with one attached hydrogen (secondary N) is 1. The number of hydrogen-bond acceptors (Lipinski definition) is 1. The first-order valence-corrected chi connectivity index (χ1v) is 7.90. The lowest BCUT2D eigenvalue weighted by Gasteiger charge is -2.15. The Balaban J connectivity index is 2.22. The van der Waals surface area contributed by atoms with Crippen LogP contribution in [-0.4, -0.2) is 9.55 Å². The first-order chi connectivity index (χ1) is 9.97. The van der Waals surface area contributed by atoms with Crippen molar-refractivity contribution in [2.24, 2.45) is 0 Å². The molecule has 0 fully saturated rings. The molecule has 1 aromatic heterocycles. The Labute approximate surface area is 139 Å². The lowest BCUT2D eigenvalue weighted by atomic mass is 10.1. The summed E-state index contributed by atoms with van der Waals surface area (Å²) in [5, 5.41) is 0.666. The van der Waals surface area contributed by atoms with E-state index in [0.717, 1.165) is 16.6 Å². The monoisotopic (exact) mass is 384 g/mol. The van der Waals surface area contributed by atoms with Gasteiger partial charge >= 0.3 is 0 Å². The minimum atomic E-state index is -0.316. The number of fused-ring (bicyclic) bond motifs is 1. The van der Waals surface area contributed by atoms with Gasteiger partial charge in [-0.1, -0.05) is 23.7 Å². The predicted molar refractivity (Wildman–Crippen MR) is 90.0 cm³/mol. The normalized spacial score (nSPS) is 12.8. The molecule has 1 N–H and O–H groups in total. The molecule has 2 nitrogen and oxygen atoms in total. The number of rotatable bonds is 2. The summed E-state index contributed by atoms with van der Waals surface area (Å²) in [6.45, 7) is 2.01. The van der Waals surface area contributed by atoms with Crippen molar-refractivity contribution in [3.8, 4) is 0 Å². The standard InChI is InChI=1S/C15H11BrClFN2S/c1-8(9-3-2-4-10(17)5-9)20-14-7-12(18)11(16)6-13(14)19-15(20)21/h2-8H,1H3,(H,19,21). The Kier molecular flexibility index (Phi) is 3.90. The fourth-order valence-corrected chi connectivity index (χ4v) is 3.33. The van der Waals surface area contributed by atoms with E-state index in [1.807, 2.05) is 35.8 Å². The van der Waals surface area contributed by atoms with E-state index in [9.17, 15) is 4.39 Å². The number of halogens is 3. The van der Waals surface area contributed by atoms with Crippen LogP contribution < -0.4 is 0 Å². The van der Waals surface area contributed by atoms with Crippen molar-refractivity contribution in [3.63, 3.8) is 0 Å². The SMILES string of the molecule is CC(c1cccc(Cl)c1)n1c(=S)[nH]c2cc(Br)c(F)cc21. The molecule has 2 aromatic carbocycles. The summed E-state index contributed by atoms with van der Waals surface area (Å²) < 4.78 is 16.7. The molecule has 108 valence electrons. The number of benzene rings is 2. The third-order valence-corrected chi connectivity index (χ3v) is 4.62. The summed E-state index contributed by atoms with van der Waals surface area (Å²) >= 11 is 14.6. The van der Waals surface area contributed by atoms with Gasteiger partial charge in [-0.2, -0.15) is 0 Å². The Hall–Kier alpha value is -1.17. The zero-order valence-corrected chi connectivity index (χ0v) is 14.2. The van der Waals surface area contributed by atoms with Crippen molar-refractivity contribution in [3.05, 3.63) is 62.0 Å². The van der Waals surface area contributed by atoms with E-state index in [-0.39, 0.29) is 11.9 Å². The van der Waals surface area contributed by atoms with E-state index >= 15 is 0 Å². The van der Waals surface area contributed by atoms with Crippen LogP contribution in [0.25, 0.3) is 11.0 Å². The minimum Gasteiger partial charge on any atom is -0.331 e. The van der Waals surface area contributed by atoms with Gasteiger partial charge < -0.3 is 9.55 Å². The van der Waals surface area contributed by atoms with Crippen LogP contribution in [-0.2, 0) is 0 Å². The van der Waals surface area contributed by atoms with Crippen LogP contribution in [0.1, 0.15) is 18.5 Å². The summed E-state index contributed by atoms with van der Waals surface area (Å²) in [5.41, 5.74) is 2.54. The molecule has 0 aliphatic heterocycles. The maximum absolute atomic E-state index is 13.8. The van der Waals surface area contributed by atoms with Gasteiger partial charge in [0.25, 0.3) is 0 Å². The second-order valence-electron chi connectivity index (χ2n) is 4.81. The van der Waals surface area contributed by atoms with Gasteiger partial charge in [0.2, 0.25) is 0 Å². The van der Waals surface area contributed by atoms with Crippen LogP contribution in [0.15, 0.2) is 40.9 Å². The number of imidazole rings is 1. The molecule has 6 heteroatoms. The Bertz CT molecular complexity index is 887. The fraction of sp³-hybridized carbons (Fsp3) is 0.133. The van der Waals surface area contributed by atoms with Crippen molar-refractivity contribution in [1.82, 2.24) is 9.55 Å².